The highest BCUT2D eigenvalue weighted by Crippen LogP contribution is 2.40. The standard InChI is InChI=1S/C15H15ClN2O5S.C14H11ClN2O4S/c1-23-15(11-2-4-12(16)5-3-11)10-17-24(21,22)14-8-6-13(7-9-14)18(19)20;15-11-3-1-10(2-4-11)14-9-16(14)22(20,21)13-7-5-12(6-8-13)17(18)19/h2-9,15,17H,10H2,1H3;1-8,14H,9H2. The van der Waals surface area contributed by atoms with Crippen LogP contribution in [0.15, 0.2) is 107 Å². The van der Waals surface area contributed by atoms with E-state index in [1.165, 1.54) is 47.8 Å². The van der Waals surface area contributed by atoms with Gasteiger partial charge in [-0.2, -0.15) is 4.31 Å². The van der Waals surface area contributed by atoms with E-state index in [1.54, 1.807) is 48.5 Å². The SMILES string of the molecule is COC(CNS(=O)(=O)c1ccc([N+](=O)[O-])cc1)c1ccc(Cl)cc1.O=[N+]([O-])c1ccc(S(=O)(=O)N2CC2c2ccc(Cl)cc2)cc1. The zero-order chi connectivity index (χ0) is 33.6. The van der Waals surface area contributed by atoms with Gasteiger partial charge in [-0.15, -0.1) is 0 Å². The third-order valence-electron chi connectivity index (χ3n) is 6.82. The zero-order valence-corrected chi connectivity index (χ0v) is 27.0. The van der Waals surface area contributed by atoms with Crippen LogP contribution >= 0.6 is 23.2 Å². The van der Waals surface area contributed by atoms with Crippen LogP contribution in [-0.4, -0.2) is 51.2 Å². The van der Waals surface area contributed by atoms with Gasteiger partial charge >= 0.3 is 0 Å². The number of rotatable bonds is 11. The smallest absolute Gasteiger partial charge is 0.269 e. The second-order valence-electron chi connectivity index (χ2n) is 9.77. The van der Waals surface area contributed by atoms with E-state index >= 15 is 0 Å². The van der Waals surface area contributed by atoms with Crippen LogP contribution in [0.25, 0.3) is 0 Å². The van der Waals surface area contributed by atoms with Gasteiger partial charge in [0.2, 0.25) is 20.0 Å². The van der Waals surface area contributed by atoms with Gasteiger partial charge in [-0.05, 0) is 59.7 Å². The summed E-state index contributed by atoms with van der Waals surface area (Å²) in [5, 5.41) is 22.4. The highest BCUT2D eigenvalue weighted by atomic mass is 35.5. The Morgan fingerprint density at radius 1 is 0.783 bits per heavy atom. The highest BCUT2D eigenvalue weighted by molar-refractivity contribution is 7.89. The number of halogens is 2. The molecule has 4 aromatic carbocycles. The molecule has 1 N–H and O–H groups in total. The minimum absolute atomic E-state index is 0.0114. The summed E-state index contributed by atoms with van der Waals surface area (Å²) in [5.41, 5.74) is 1.33. The summed E-state index contributed by atoms with van der Waals surface area (Å²) in [5.74, 6) is 0. The van der Waals surface area contributed by atoms with E-state index in [2.05, 4.69) is 4.72 Å². The Hall–Kier alpha value is -3.96. The summed E-state index contributed by atoms with van der Waals surface area (Å²) in [4.78, 5) is 20.1. The van der Waals surface area contributed by atoms with E-state index in [1.807, 2.05) is 0 Å². The summed E-state index contributed by atoms with van der Waals surface area (Å²) in [7, 11) is -5.97. The molecule has 0 saturated carbocycles. The van der Waals surface area contributed by atoms with Crippen LogP contribution in [0.5, 0.6) is 0 Å². The van der Waals surface area contributed by atoms with Crippen molar-refractivity contribution in [2.45, 2.75) is 21.9 Å². The summed E-state index contributed by atoms with van der Waals surface area (Å²) >= 11 is 11.6. The topological polar surface area (TPSA) is 179 Å². The fraction of sp³-hybridized carbons (Fsp3) is 0.172. The molecule has 0 aliphatic carbocycles. The molecule has 1 saturated heterocycles. The molecule has 0 spiro atoms. The molecule has 1 fully saturated rings. The van der Waals surface area contributed by atoms with Crippen LogP contribution in [-0.2, 0) is 24.8 Å². The normalized spacial score (nSPS) is 16.5. The van der Waals surface area contributed by atoms with Gasteiger partial charge < -0.3 is 4.74 Å². The Bertz CT molecular complexity index is 1910. The molecule has 242 valence electrons. The van der Waals surface area contributed by atoms with E-state index in [4.69, 9.17) is 27.9 Å². The van der Waals surface area contributed by atoms with Crippen LogP contribution in [0.2, 0.25) is 10.0 Å². The minimum Gasteiger partial charge on any atom is -0.375 e. The number of hydrogen-bond donors (Lipinski definition) is 1. The van der Waals surface area contributed by atoms with E-state index in [0.29, 0.717) is 16.6 Å². The van der Waals surface area contributed by atoms with Crippen molar-refractivity contribution in [3.63, 3.8) is 0 Å². The van der Waals surface area contributed by atoms with E-state index in [0.717, 1.165) is 23.3 Å². The predicted molar refractivity (Wildman–Crippen MR) is 171 cm³/mol. The Kier molecular flexibility index (Phi) is 11.1. The number of sulfonamides is 2. The largest absolute Gasteiger partial charge is 0.375 e. The first-order valence-electron chi connectivity index (χ1n) is 13.3. The van der Waals surface area contributed by atoms with Crippen molar-refractivity contribution in [2.75, 3.05) is 20.2 Å². The fourth-order valence-corrected chi connectivity index (χ4v) is 7.08. The zero-order valence-electron chi connectivity index (χ0n) is 23.9. The van der Waals surface area contributed by atoms with Gasteiger partial charge in [-0.1, -0.05) is 47.5 Å². The van der Waals surface area contributed by atoms with Crippen molar-refractivity contribution in [3.8, 4) is 0 Å². The van der Waals surface area contributed by atoms with Crippen LogP contribution in [0.3, 0.4) is 0 Å². The number of nitro benzene ring substituents is 2. The molecule has 1 heterocycles. The average Bonchev–Trinajstić information content (AvgIpc) is 3.85. The molecule has 3 unspecified atom stereocenters. The van der Waals surface area contributed by atoms with Crippen molar-refractivity contribution in [3.05, 3.63) is 138 Å². The molecule has 0 amide bonds. The number of nitrogens with zero attached hydrogens (tertiary/aromatic N) is 3. The Balaban J connectivity index is 0.000000209. The lowest BCUT2D eigenvalue weighted by atomic mass is 10.1. The molecule has 46 heavy (non-hydrogen) atoms. The molecule has 4 aromatic rings. The maximum absolute atomic E-state index is 12.5. The second kappa shape index (κ2) is 14.6. The number of benzene rings is 4. The summed E-state index contributed by atoms with van der Waals surface area (Å²) in [6.45, 7) is 0.401. The molecule has 3 atom stereocenters. The van der Waals surface area contributed by atoms with Crippen LogP contribution < -0.4 is 4.72 Å². The first kappa shape index (κ1) is 34.9. The van der Waals surface area contributed by atoms with Crippen molar-refractivity contribution in [1.82, 2.24) is 9.03 Å². The van der Waals surface area contributed by atoms with E-state index < -0.39 is 36.0 Å². The molecular formula is C29H26Cl2N4O9S2. The Morgan fingerprint density at radius 3 is 1.70 bits per heavy atom. The Morgan fingerprint density at radius 2 is 1.24 bits per heavy atom. The van der Waals surface area contributed by atoms with Gasteiger partial charge in [0.1, 0.15) is 0 Å². The lowest BCUT2D eigenvalue weighted by Crippen LogP contribution is -2.29. The van der Waals surface area contributed by atoms with Crippen LogP contribution in [0.4, 0.5) is 11.4 Å². The third-order valence-corrected chi connectivity index (χ3v) is 10.7. The first-order valence-corrected chi connectivity index (χ1v) is 16.9. The van der Waals surface area contributed by atoms with Crippen molar-refractivity contribution in [2.24, 2.45) is 0 Å². The number of nitro groups is 2. The number of ether oxygens (including phenoxy) is 1. The quantitative estimate of drug-likeness (QED) is 0.113. The van der Waals surface area contributed by atoms with Crippen molar-refractivity contribution in [1.29, 1.82) is 0 Å². The highest BCUT2D eigenvalue weighted by Gasteiger charge is 2.45. The van der Waals surface area contributed by atoms with Gasteiger partial charge in [0, 0.05) is 54.5 Å². The maximum Gasteiger partial charge on any atom is 0.269 e. The average molecular weight is 710 g/mol. The van der Waals surface area contributed by atoms with Gasteiger partial charge in [-0.3, -0.25) is 20.2 Å². The van der Waals surface area contributed by atoms with Crippen LogP contribution in [0, 0.1) is 20.2 Å². The Labute approximate surface area is 274 Å². The molecule has 17 heteroatoms. The number of non-ortho nitro benzene ring substituents is 2. The van der Waals surface area contributed by atoms with Crippen molar-refractivity contribution >= 4 is 54.6 Å². The second-order valence-corrected chi connectivity index (χ2v) is 14.3. The molecule has 0 aromatic heterocycles. The van der Waals surface area contributed by atoms with Gasteiger partial charge in [0.15, 0.2) is 0 Å². The summed E-state index contributed by atoms with van der Waals surface area (Å²) in [6, 6.07) is 23.2. The van der Waals surface area contributed by atoms with Crippen LogP contribution in [0.1, 0.15) is 23.3 Å². The van der Waals surface area contributed by atoms with E-state index in [9.17, 15) is 37.1 Å². The molecule has 1 aliphatic rings. The molecule has 0 bridgehead atoms. The monoisotopic (exact) mass is 708 g/mol. The van der Waals surface area contributed by atoms with Gasteiger partial charge in [0.05, 0.1) is 31.8 Å². The lowest BCUT2D eigenvalue weighted by Gasteiger charge is -2.16. The number of hydrogen-bond acceptors (Lipinski definition) is 9. The molecule has 5 rings (SSSR count). The van der Waals surface area contributed by atoms with Gasteiger partial charge in [0.25, 0.3) is 11.4 Å². The first-order chi connectivity index (χ1) is 21.7. The molecule has 13 nitrogen and oxygen atoms in total. The minimum atomic E-state index is -3.80. The molecule has 1 aliphatic heterocycles. The lowest BCUT2D eigenvalue weighted by molar-refractivity contribution is -0.385. The molecule has 0 radical (unpaired) electrons. The summed E-state index contributed by atoms with van der Waals surface area (Å²) in [6.07, 6.45) is -0.491. The number of methoxy groups -OCH3 is 1. The van der Waals surface area contributed by atoms with E-state index in [-0.39, 0.29) is 33.8 Å². The van der Waals surface area contributed by atoms with Gasteiger partial charge in [-0.25, -0.2) is 21.6 Å². The molecular weight excluding hydrogens is 683 g/mol. The fourth-order valence-electron chi connectivity index (χ4n) is 4.25. The maximum atomic E-state index is 12.5. The predicted octanol–water partition coefficient (Wildman–Crippen LogP) is 5.91. The number of nitrogens with one attached hydrogen (secondary N) is 1. The van der Waals surface area contributed by atoms with Crippen molar-refractivity contribution < 1.29 is 31.4 Å². The summed E-state index contributed by atoms with van der Waals surface area (Å²) < 4.78 is 58.5. The third kappa shape index (κ3) is 8.64.